The zero-order valence-electron chi connectivity index (χ0n) is 21.9. The molecule has 0 amide bonds. The summed E-state index contributed by atoms with van der Waals surface area (Å²) in [6, 6.07) is 0. The van der Waals surface area contributed by atoms with Crippen molar-refractivity contribution in [3.8, 4) is 0 Å². The van der Waals surface area contributed by atoms with Crippen LogP contribution in [0.3, 0.4) is 0 Å². The number of nitrogens with zero attached hydrogens (tertiary/aromatic N) is 1. The Labute approximate surface area is 212 Å². The second kappa shape index (κ2) is 22.8. The monoisotopic (exact) mass is 509 g/mol. The molecule has 0 aromatic carbocycles. The first-order valence-electron chi connectivity index (χ1n) is 13.8. The lowest BCUT2D eigenvalue weighted by Crippen LogP contribution is -2.50. The van der Waals surface area contributed by atoms with Gasteiger partial charge in [-0.2, -0.15) is 0 Å². The van der Waals surface area contributed by atoms with Crippen molar-refractivity contribution in [2.24, 2.45) is 0 Å². The Kier molecular flexibility index (Phi) is 22.6. The van der Waals surface area contributed by atoms with E-state index in [2.05, 4.69) is 6.92 Å². The van der Waals surface area contributed by atoms with E-state index in [1.165, 1.54) is 64.2 Å². The van der Waals surface area contributed by atoms with Gasteiger partial charge in [0.1, 0.15) is 24.4 Å². The zero-order chi connectivity index (χ0) is 26.5. The third-order valence-electron chi connectivity index (χ3n) is 6.67. The Morgan fingerprint density at radius 2 is 0.771 bits per heavy atom. The Balaban J connectivity index is 4.24. The van der Waals surface area contributed by atoms with Crippen molar-refractivity contribution < 1.29 is 40.9 Å². The van der Waals surface area contributed by atoms with E-state index in [9.17, 15) is 30.6 Å². The standard InChI is InChI=1S/C26H55NO8/c1-2-3-4-5-6-7-8-9-10-11-12-13-14-15-16-27(17-21(30)25(34)23(32)19-28)18-22(31)26(35)24(33)20-29/h21-26,28-35H,2-20H2,1H3/t21-,22-,23-,24-,25+,26+/m1/s1. The molecule has 0 fully saturated rings. The van der Waals surface area contributed by atoms with Crippen LogP contribution in [0.15, 0.2) is 0 Å². The second-order valence-electron chi connectivity index (χ2n) is 9.97. The summed E-state index contributed by atoms with van der Waals surface area (Å²) in [5.41, 5.74) is 0. The molecule has 6 atom stereocenters. The summed E-state index contributed by atoms with van der Waals surface area (Å²) in [4.78, 5) is 1.65. The van der Waals surface area contributed by atoms with Crippen molar-refractivity contribution >= 4 is 0 Å². The largest absolute Gasteiger partial charge is 0.394 e. The molecule has 0 saturated carbocycles. The fraction of sp³-hybridized carbons (Fsp3) is 1.00. The second-order valence-corrected chi connectivity index (χ2v) is 9.97. The molecule has 0 unspecified atom stereocenters. The van der Waals surface area contributed by atoms with E-state index in [1.54, 1.807) is 4.90 Å². The molecule has 0 aromatic heterocycles. The number of unbranched alkanes of at least 4 members (excludes halogenated alkanes) is 13. The average Bonchev–Trinajstić information content (AvgIpc) is 2.86. The quantitative estimate of drug-likeness (QED) is 0.0835. The van der Waals surface area contributed by atoms with Gasteiger partial charge in [0.2, 0.25) is 0 Å². The zero-order valence-corrected chi connectivity index (χ0v) is 21.9. The van der Waals surface area contributed by atoms with Crippen molar-refractivity contribution in [1.29, 1.82) is 0 Å². The van der Waals surface area contributed by atoms with Crippen molar-refractivity contribution in [2.45, 2.75) is 133 Å². The van der Waals surface area contributed by atoms with Crippen LogP contribution in [0.4, 0.5) is 0 Å². The molecule has 9 nitrogen and oxygen atoms in total. The lowest BCUT2D eigenvalue weighted by molar-refractivity contribution is -0.100. The van der Waals surface area contributed by atoms with Gasteiger partial charge in [0.15, 0.2) is 0 Å². The number of aliphatic hydroxyl groups excluding tert-OH is 8. The molecule has 9 heteroatoms. The van der Waals surface area contributed by atoms with Gasteiger partial charge in [-0.15, -0.1) is 0 Å². The Hall–Kier alpha value is -0.360. The summed E-state index contributed by atoms with van der Waals surface area (Å²) in [6.07, 6.45) is 8.32. The summed E-state index contributed by atoms with van der Waals surface area (Å²) >= 11 is 0. The minimum absolute atomic E-state index is 0.0876. The van der Waals surface area contributed by atoms with Gasteiger partial charge in [0.05, 0.1) is 25.4 Å². The Bertz CT molecular complexity index is 435. The first-order valence-corrected chi connectivity index (χ1v) is 13.8. The Morgan fingerprint density at radius 3 is 1.09 bits per heavy atom. The molecule has 0 heterocycles. The molecule has 35 heavy (non-hydrogen) atoms. The van der Waals surface area contributed by atoms with Crippen LogP contribution in [0.1, 0.15) is 96.8 Å². The third-order valence-corrected chi connectivity index (χ3v) is 6.67. The summed E-state index contributed by atoms with van der Waals surface area (Å²) in [5.74, 6) is 0. The summed E-state index contributed by atoms with van der Waals surface area (Å²) in [7, 11) is 0. The van der Waals surface area contributed by atoms with Gasteiger partial charge >= 0.3 is 0 Å². The highest BCUT2D eigenvalue weighted by Crippen LogP contribution is 2.14. The first kappa shape index (κ1) is 34.6. The van der Waals surface area contributed by atoms with Crippen LogP contribution in [-0.2, 0) is 0 Å². The fourth-order valence-electron chi connectivity index (χ4n) is 4.26. The maximum absolute atomic E-state index is 10.2. The van der Waals surface area contributed by atoms with E-state index >= 15 is 0 Å². The molecular formula is C26H55NO8. The predicted octanol–water partition coefficient (Wildman–Crippen LogP) is 0.920. The van der Waals surface area contributed by atoms with Gasteiger partial charge in [-0.05, 0) is 13.0 Å². The highest BCUT2D eigenvalue weighted by Gasteiger charge is 2.29. The molecule has 212 valence electrons. The summed E-state index contributed by atoms with van der Waals surface area (Å²) < 4.78 is 0. The molecule has 0 aliphatic heterocycles. The van der Waals surface area contributed by atoms with Crippen LogP contribution in [0, 0.1) is 0 Å². The van der Waals surface area contributed by atoms with Crippen LogP contribution >= 0.6 is 0 Å². The van der Waals surface area contributed by atoms with Gasteiger partial charge in [-0.3, -0.25) is 4.90 Å². The Morgan fingerprint density at radius 1 is 0.457 bits per heavy atom. The van der Waals surface area contributed by atoms with E-state index in [4.69, 9.17) is 10.2 Å². The number of hydrogen-bond donors (Lipinski definition) is 8. The SMILES string of the molecule is CCCCCCCCCCCCCCCCN(C[C@@H](O)[C@H](O)[C@H](O)CO)C[C@@H](O)[C@H](O)[C@H](O)CO. The number of rotatable bonds is 25. The minimum Gasteiger partial charge on any atom is -0.394 e. The van der Waals surface area contributed by atoms with E-state index in [0.29, 0.717) is 6.54 Å². The van der Waals surface area contributed by atoms with Crippen LogP contribution in [0.5, 0.6) is 0 Å². The molecule has 0 bridgehead atoms. The van der Waals surface area contributed by atoms with Gasteiger partial charge in [-0.1, -0.05) is 90.4 Å². The van der Waals surface area contributed by atoms with Crippen LogP contribution in [0.2, 0.25) is 0 Å². The van der Waals surface area contributed by atoms with E-state index in [0.717, 1.165) is 25.7 Å². The first-order chi connectivity index (χ1) is 16.8. The molecule has 0 spiro atoms. The maximum Gasteiger partial charge on any atom is 0.109 e. The molecule has 0 aliphatic rings. The van der Waals surface area contributed by atoms with Crippen molar-refractivity contribution in [3.63, 3.8) is 0 Å². The molecule has 0 rings (SSSR count). The molecule has 0 aromatic rings. The average molecular weight is 510 g/mol. The summed E-state index contributed by atoms with van der Waals surface area (Å²) in [5, 5.41) is 77.4. The fourth-order valence-corrected chi connectivity index (χ4v) is 4.26. The van der Waals surface area contributed by atoms with Crippen molar-refractivity contribution in [3.05, 3.63) is 0 Å². The van der Waals surface area contributed by atoms with Gasteiger partial charge in [0.25, 0.3) is 0 Å². The molecule has 0 radical (unpaired) electrons. The normalized spacial score (nSPS) is 17.3. The smallest absolute Gasteiger partial charge is 0.109 e. The molecule has 8 N–H and O–H groups in total. The van der Waals surface area contributed by atoms with Gasteiger partial charge < -0.3 is 40.9 Å². The molecule has 0 saturated heterocycles. The van der Waals surface area contributed by atoms with Crippen LogP contribution in [0.25, 0.3) is 0 Å². The highest BCUT2D eigenvalue weighted by molar-refractivity contribution is 4.82. The molecule has 0 aliphatic carbocycles. The number of hydrogen-bond acceptors (Lipinski definition) is 9. The lowest BCUT2D eigenvalue weighted by Gasteiger charge is -2.32. The maximum atomic E-state index is 10.2. The predicted molar refractivity (Wildman–Crippen MR) is 137 cm³/mol. The van der Waals surface area contributed by atoms with Gasteiger partial charge in [-0.25, -0.2) is 0 Å². The minimum atomic E-state index is -1.55. The topological polar surface area (TPSA) is 165 Å². The molecular weight excluding hydrogens is 454 g/mol. The van der Waals surface area contributed by atoms with E-state index < -0.39 is 49.8 Å². The van der Waals surface area contributed by atoms with Crippen molar-refractivity contribution in [1.82, 2.24) is 4.90 Å². The van der Waals surface area contributed by atoms with Crippen LogP contribution in [-0.4, -0.2) is 115 Å². The lowest BCUT2D eigenvalue weighted by atomic mass is 10.0. The highest BCUT2D eigenvalue weighted by atomic mass is 16.4. The van der Waals surface area contributed by atoms with E-state index in [-0.39, 0.29) is 13.1 Å². The van der Waals surface area contributed by atoms with E-state index in [1.807, 2.05) is 0 Å². The van der Waals surface area contributed by atoms with Gasteiger partial charge in [0, 0.05) is 13.1 Å². The van der Waals surface area contributed by atoms with Crippen LogP contribution < -0.4 is 0 Å². The number of aliphatic hydroxyl groups is 8. The third kappa shape index (κ3) is 17.7. The summed E-state index contributed by atoms with van der Waals surface area (Å²) in [6.45, 7) is 1.16. The van der Waals surface area contributed by atoms with Crippen molar-refractivity contribution in [2.75, 3.05) is 32.8 Å².